The number of phenols is 1. The number of amides is 2. The molecule has 2 aromatic carbocycles. The lowest BCUT2D eigenvalue weighted by Crippen LogP contribution is -2.32. The Kier molecular flexibility index (Phi) is 6.46. The number of carbonyl (C=O) groups is 3. The Balaban J connectivity index is 1.59. The van der Waals surface area contributed by atoms with Crippen molar-refractivity contribution in [1.82, 2.24) is 4.98 Å². The van der Waals surface area contributed by atoms with Crippen molar-refractivity contribution in [2.24, 2.45) is 5.92 Å². The van der Waals surface area contributed by atoms with Crippen LogP contribution in [0.1, 0.15) is 33.6 Å². The number of anilines is 1. The smallest absolute Gasteiger partial charge is 0.338 e. The zero-order valence-corrected chi connectivity index (χ0v) is 21.6. The van der Waals surface area contributed by atoms with Crippen molar-refractivity contribution in [1.29, 1.82) is 0 Å². The molecule has 192 valence electrons. The Labute approximate surface area is 219 Å². The molecule has 2 amide bonds. The van der Waals surface area contributed by atoms with Crippen LogP contribution in [0.25, 0.3) is 0 Å². The zero-order chi connectivity index (χ0) is 26.4. The number of methoxy groups -OCH3 is 2. The topological polar surface area (TPSA) is 135 Å². The van der Waals surface area contributed by atoms with Gasteiger partial charge in [-0.3, -0.25) is 14.4 Å². The van der Waals surface area contributed by atoms with Crippen LogP contribution in [0.5, 0.6) is 17.2 Å². The highest BCUT2D eigenvalue weighted by Crippen LogP contribution is 2.54. The van der Waals surface area contributed by atoms with E-state index in [4.69, 9.17) is 14.2 Å². The van der Waals surface area contributed by atoms with Gasteiger partial charge < -0.3 is 24.3 Å². The van der Waals surface area contributed by atoms with Crippen LogP contribution in [-0.2, 0) is 14.3 Å². The van der Waals surface area contributed by atoms with Gasteiger partial charge in [0.15, 0.2) is 11.5 Å². The number of imide groups is 1. The third kappa shape index (κ3) is 4.05. The maximum absolute atomic E-state index is 13.9. The molecule has 2 unspecified atom stereocenters. The second-order valence-corrected chi connectivity index (χ2v) is 10.5. The van der Waals surface area contributed by atoms with Gasteiger partial charge in [-0.15, -0.1) is 0 Å². The van der Waals surface area contributed by atoms with E-state index >= 15 is 0 Å². The van der Waals surface area contributed by atoms with Crippen LogP contribution in [0.2, 0.25) is 0 Å². The number of thiazole rings is 1. The quantitative estimate of drug-likeness (QED) is 0.356. The fourth-order valence-electron chi connectivity index (χ4n) is 4.68. The minimum atomic E-state index is -0.833. The summed E-state index contributed by atoms with van der Waals surface area (Å²) in [4.78, 5) is 56.0. The summed E-state index contributed by atoms with van der Waals surface area (Å²) in [6, 6.07) is 9.23. The molecule has 3 heterocycles. The highest BCUT2D eigenvalue weighted by molar-refractivity contribution is 8.00. The first kappa shape index (κ1) is 24.9. The number of benzene rings is 2. The van der Waals surface area contributed by atoms with Crippen LogP contribution in [0, 0.1) is 5.92 Å². The van der Waals surface area contributed by atoms with Crippen LogP contribution >= 0.6 is 23.1 Å². The number of ether oxygens (including phenoxy) is 3. The number of aromatic hydroxyl groups is 1. The van der Waals surface area contributed by atoms with Crippen LogP contribution in [0.3, 0.4) is 0 Å². The molecule has 0 aliphatic carbocycles. The number of esters is 1. The van der Waals surface area contributed by atoms with Gasteiger partial charge in [0.05, 0.1) is 43.0 Å². The van der Waals surface area contributed by atoms with Crippen molar-refractivity contribution < 1.29 is 33.7 Å². The molecule has 10 nitrogen and oxygen atoms in total. The Hall–Kier alpha value is -3.77. The van der Waals surface area contributed by atoms with Crippen LogP contribution in [0.4, 0.5) is 5.69 Å². The highest BCUT2D eigenvalue weighted by atomic mass is 32.2. The van der Waals surface area contributed by atoms with E-state index in [1.165, 1.54) is 38.5 Å². The number of thioether (sulfide) groups is 1. The SMILES string of the molecule is CCOC(=O)c1ccc(N2C(=O)C3Sc4[nH]c(=O)sc4[C@H](c4cc(OC)c(O)c(OC)c4)C3C2=O)cc1. The molecule has 1 saturated heterocycles. The number of H-pyrrole nitrogens is 1. The monoisotopic (exact) mass is 542 g/mol. The third-order valence-electron chi connectivity index (χ3n) is 6.32. The lowest BCUT2D eigenvalue weighted by atomic mass is 9.83. The summed E-state index contributed by atoms with van der Waals surface area (Å²) >= 11 is 2.13. The largest absolute Gasteiger partial charge is 0.502 e. The second-order valence-electron chi connectivity index (χ2n) is 8.30. The van der Waals surface area contributed by atoms with Crippen molar-refractivity contribution in [3.63, 3.8) is 0 Å². The number of rotatable bonds is 6. The van der Waals surface area contributed by atoms with Crippen LogP contribution < -0.4 is 19.2 Å². The first-order valence-electron chi connectivity index (χ1n) is 11.3. The fraction of sp³-hybridized carbons (Fsp3) is 0.280. The Morgan fingerprint density at radius 3 is 2.30 bits per heavy atom. The molecule has 0 bridgehead atoms. The molecule has 12 heteroatoms. The van der Waals surface area contributed by atoms with Gasteiger partial charge >= 0.3 is 10.8 Å². The predicted octanol–water partition coefficient (Wildman–Crippen LogP) is 3.13. The molecular weight excluding hydrogens is 520 g/mol. The predicted molar refractivity (Wildman–Crippen MR) is 136 cm³/mol. The van der Waals surface area contributed by atoms with Crippen LogP contribution in [-0.4, -0.2) is 54.0 Å². The number of phenolic OH excluding ortho intramolecular Hbond substituents is 1. The van der Waals surface area contributed by atoms with Crippen molar-refractivity contribution >= 4 is 46.6 Å². The molecule has 0 radical (unpaired) electrons. The summed E-state index contributed by atoms with van der Waals surface area (Å²) in [6.45, 7) is 1.93. The molecule has 5 rings (SSSR count). The van der Waals surface area contributed by atoms with E-state index in [-0.39, 0.29) is 28.7 Å². The number of hydrogen-bond acceptors (Lipinski definition) is 10. The molecule has 1 fully saturated rings. The maximum Gasteiger partial charge on any atom is 0.338 e. The van der Waals surface area contributed by atoms with Crippen molar-refractivity contribution in [2.45, 2.75) is 23.1 Å². The summed E-state index contributed by atoms with van der Waals surface area (Å²) in [5.41, 5.74) is 1.19. The van der Waals surface area contributed by atoms with E-state index < -0.39 is 34.9 Å². The summed E-state index contributed by atoms with van der Waals surface area (Å²) in [5.74, 6) is -2.79. The van der Waals surface area contributed by atoms with Crippen LogP contribution in [0.15, 0.2) is 46.2 Å². The third-order valence-corrected chi connectivity index (χ3v) is 8.72. The number of hydrogen-bond donors (Lipinski definition) is 2. The standard InChI is InChI=1S/C25H22N2O8S2/c1-4-35-24(31)11-5-7-13(8-6-11)27-22(29)17-16(12-9-14(33-2)18(28)15(10-12)34-3)19-21(26-25(32)37-19)36-20(17)23(27)30/h5-10,16-17,20,28H,4H2,1-3H3,(H,26,32)/t16-,17?,20?/m1/s1. The normalized spacial score (nSPS) is 20.4. The number of nitrogens with zero attached hydrogens (tertiary/aromatic N) is 1. The number of aromatic amines is 1. The van der Waals surface area contributed by atoms with Gasteiger partial charge in [-0.05, 0) is 48.9 Å². The van der Waals surface area contributed by atoms with Gasteiger partial charge in [-0.1, -0.05) is 23.1 Å². The van der Waals surface area contributed by atoms with E-state index in [2.05, 4.69) is 4.98 Å². The van der Waals surface area contributed by atoms with Gasteiger partial charge in [0.1, 0.15) is 5.25 Å². The molecule has 0 saturated carbocycles. The molecule has 0 spiro atoms. The summed E-state index contributed by atoms with van der Waals surface area (Å²) in [6.07, 6.45) is 0. The minimum absolute atomic E-state index is 0.136. The maximum atomic E-state index is 13.9. The van der Waals surface area contributed by atoms with Crippen molar-refractivity contribution in [3.8, 4) is 17.2 Å². The van der Waals surface area contributed by atoms with E-state index in [1.807, 2.05) is 0 Å². The van der Waals surface area contributed by atoms with E-state index in [0.29, 0.717) is 26.7 Å². The second kappa shape index (κ2) is 9.60. The zero-order valence-electron chi connectivity index (χ0n) is 20.0. The fourth-order valence-corrected chi connectivity index (χ4v) is 7.20. The average Bonchev–Trinajstić information content (AvgIpc) is 3.38. The lowest BCUT2D eigenvalue weighted by molar-refractivity contribution is -0.122. The highest BCUT2D eigenvalue weighted by Gasteiger charge is 2.56. The Bertz CT molecular complexity index is 1440. The molecule has 3 aromatic rings. The molecule has 2 aliphatic rings. The number of aromatic nitrogens is 1. The minimum Gasteiger partial charge on any atom is -0.502 e. The molecule has 2 N–H and O–H groups in total. The molecular formula is C25H22N2O8S2. The Morgan fingerprint density at radius 2 is 1.70 bits per heavy atom. The van der Waals surface area contributed by atoms with Gasteiger partial charge in [-0.2, -0.15) is 0 Å². The summed E-state index contributed by atoms with van der Waals surface area (Å²) in [5, 5.41) is 10.1. The molecule has 2 aliphatic heterocycles. The van der Waals surface area contributed by atoms with Crippen molar-refractivity contribution in [2.75, 3.05) is 25.7 Å². The molecule has 1 aromatic heterocycles. The van der Waals surface area contributed by atoms with E-state index in [9.17, 15) is 24.3 Å². The van der Waals surface area contributed by atoms with Gasteiger partial charge in [0.2, 0.25) is 17.6 Å². The summed E-state index contributed by atoms with van der Waals surface area (Å²) < 4.78 is 15.6. The first-order valence-corrected chi connectivity index (χ1v) is 13.0. The van der Waals surface area contributed by atoms with E-state index in [1.54, 1.807) is 19.1 Å². The average molecular weight is 543 g/mol. The Morgan fingerprint density at radius 1 is 1.05 bits per heavy atom. The first-order chi connectivity index (χ1) is 17.8. The van der Waals surface area contributed by atoms with E-state index in [0.717, 1.165) is 28.0 Å². The molecule has 37 heavy (non-hydrogen) atoms. The van der Waals surface area contributed by atoms with Gasteiger partial charge in [0, 0.05) is 10.8 Å². The number of nitrogens with one attached hydrogen (secondary N) is 1. The molecule has 3 atom stereocenters. The van der Waals surface area contributed by atoms with Crippen molar-refractivity contribution in [3.05, 3.63) is 62.1 Å². The van der Waals surface area contributed by atoms with Gasteiger partial charge in [0.25, 0.3) is 0 Å². The van der Waals surface area contributed by atoms with Gasteiger partial charge in [-0.25, -0.2) is 9.69 Å². The number of fused-ring (bicyclic) bond motifs is 2. The summed E-state index contributed by atoms with van der Waals surface area (Å²) in [7, 11) is 2.79. The lowest BCUT2D eigenvalue weighted by Gasteiger charge is -2.30. The number of carbonyl (C=O) groups excluding carboxylic acids is 3.